The van der Waals surface area contributed by atoms with E-state index in [0.717, 1.165) is 5.56 Å². The highest BCUT2D eigenvalue weighted by molar-refractivity contribution is 6.08. The van der Waals surface area contributed by atoms with Crippen molar-refractivity contribution in [2.45, 2.75) is 0 Å². The number of allylic oxidation sites excluding steroid dienone is 1. The van der Waals surface area contributed by atoms with Gasteiger partial charge >= 0.3 is 0 Å². The molecule has 2 rings (SSSR count). The van der Waals surface area contributed by atoms with Crippen molar-refractivity contribution in [3.8, 4) is 5.75 Å². The Kier molecular flexibility index (Phi) is 4.08. The molecule has 0 fully saturated rings. The van der Waals surface area contributed by atoms with Gasteiger partial charge in [0.25, 0.3) is 0 Å². The smallest absolute Gasteiger partial charge is 0.189 e. The van der Waals surface area contributed by atoms with Gasteiger partial charge in [-0.2, -0.15) is 0 Å². The number of benzene rings is 2. The molecule has 0 unspecified atom stereocenters. The van der Waals surface area contributed by atoms with Crippen molar-refractivity contribution in [1.29, 1.82) is 0 Å². The number of hydrogen-bond donors (Lipinski definition) is 0. The molecule has 0 atom stereocenters. The fraction of sp³-hybridized carbons (Fsp3) is 0.0625. The molecule has 0 aliphatic carbocycles. The highest BCUT2D eigenvalue weighted by Crippen LogP contribution is 2.20. The third kappa shape index (κ3) is 3.28. The van der Waals surface area contributed by atoms with E-state index in [9.17, 15) is 9.18 Å². The summed E-state index contributed by atoms with van der Waals surface area (Å²) in [6, 6.07) is 13.3. The van der Waals surface area contributed by atoms with Crippen LogP contribution < -0.4 is 4.74 Å². The molecule has 2 aromatic carbocycles. The monoisotopic (exact) mass is 256 g/mol. The van der Waals surface area contributed by atoms with Crippen LogP contribution in [0.2, 0.25) is 0 Å². The highest BCUT2D eigenvalue weighted by atomic mass is 19.1. The van der Waals surface area contributed by atoms with Crippen molar-refractivity contribution in [2.75, 3.05) is 7.11 Å². The molecule has 2 aromatic rings. The minimum atomic E-state index is -0.430. The number of methoxy groups -OCH3 is 1. The van der Waals surface area contributed by atoms with Gasteiger partial charge < -0.3 is 4.74 Å². The zero-order valence-electron chi connectivity index (χ0n) is 10.5. The Morgan fingerprint density at radius 2 is 1.89 bits per heavy atom. The van der Waals surface area contributed by atoms with E-state index in [1.165, 1.54) is 31.4 Å². The molecule has 19 heavy (non-hydrogen) atoms. The topological polar surface area (TPSA) is 26.3 Å². The van der Waals surface area contributed by atoms with Crippen molar-refractivity contribution in [3.05, 3.63) is 71.6 Å². The van der Waals surface area contributed by atoms with Crippen LogP contribution >= 0.6 is 0 Å². The summed E-state index contributed by atoms with van der Waals surface area (Å²) in [5.41, 5.74) is 1.27. The summed E-state index contributed by atoms with van der Waals surface area (Å²) in [5, 5.41) is 0. The first-order valence-electron chi connectivity index (χ1n) is 5.81. The molecule has 0 bridgehead atoms. The molecule has 0 spiro atoms. The molecule has 0 N–H and O–H groups in total. The van der Waals surface area contributed by atoms with Gasteiger partial charge in [0, 0.05) is 6.07 Å². The molecule has 0 aliphatic rings. The van der Waals surface area contributed by atoms with Crippen molar-refractivity contribution in [1.82, 2.24) is 0 Å². The lowest BCUT2D eigenvalue weighted by Crippen LogP contribution is -1.99. The van der Waals surface area contributed by atoms with E-state index in [4.69, 9.17) is 4.74 Å². The Bertz CT molecular complexity index is 603. The van der Waals surface area contributed by atoms with E-state index in [1.807, 2.05) is 30.3 Å². The molecule has 0 heterocycles. The normalized spacial score (nSPS) is 10.6. The standard InChI is InChI=1S/C16H13FO2/c1-19-16-11-13(17)8-9-14(16)15(18)10-7-12-5-3-2-4-6-12/h2-11H,1H3/b10-7+. The fourth-order valence-electron chi connectivity index (χ4n) is 1.69. The Balaban J connectivity index is 2.23. The third-order valence-corrected chi connectivity index (χ3v) is 2.66. The SMILES string of the molecule is COc1cc(F)ccc1C(=O)/C=C/c1ccccc1. The van der Waals surface area contributed by atoms with Gasteiger partial charge in [-0.3, -0.25) is 4.79 Å². The molecule has 0 aliphatic heterocycles. The molecule has 0 saturated carbocycles. The average molecular weight is 256 g/mol. The van der Waals surface area contributed by atoms with Crippen LogP contribution in [-0.4, -0.2) is 12.9 Å². The molecule has 96 valence electrons. The number of carbonyl (C=O) groups excluding carboxylic acids is 1. The van der Waals surface area contributed by atoms with Crippen molar-refractivity contribution in [2.24, 2.45) is 0 Å². The summed E-state index contributed by atoms with van der Waals surface area (Å²) >= 11 is 0. The summed E-state index contributed by atoms with van der Waals surface area (Å²) in [4.78, 5) is 12.0. The van der Waals surface area contributed by atoms with Gasteiger partial charge in [-0.1, -0.05) is 36.4 Å². The highest BCUT2D eigenvalue weighted by Gasteiger charge is 2.10. The van der Waals surface area contributed by atoms with Crippen LogP contribution in [0, 0.1) is 5.82 Å². The van der Waals surface area contributed by atoms with Gasteiger partial charge in [-0.15, -0.1) is 0 Å². The predicted octanol–water partition coefficient (Wildman–Crippen LogP) is 3.73. The predicted molar refractivity (Wildman–Crippen MR) is 72.8 cm³/mol. The number of rotatable bonds is 4. The van der Waals surface area contributed by atoms with Gasteiger partial charge in [0.2, 0.25) is 0 Å². The quantitative estimate of drug-likeness (QED) is 0.615. The maximum Gasteiger partial charge on any atom is 0.189 e. The van der Waals surface area contributed by atoms with E-state index < -0.39 is 5.82 Å². The largest absolute Gasteiger partial charge is 0.496 e. The Hall–Kier alpha value is -2.42. The fourth-order valence-corrected chi connectivity index (χ4v) is 1.69. The lowest BCUT2D eigenvalue weighted by molar-refractivity contribution is 0.104. The summed E-state index contributed by atoms with van der Waals surface area (Å²) < 4.78 is 18.0. The minimum Gasteiger partial charge on any atom is -0.496 e. The first-order valence-corrected chi connectivity index (χ1v) is 5.81. The minimum absolute atomic E-state index is 0.222. The van der Waals surface area contributed by atoms with Crippen LogP contribution in [0.3, 0.4) is 0 Å². The molecular weight excluding hydrogens is 243 g/mol. The Labute approximate surface area is 111 Å². The van der Waals surface area contributed by atoms with Gasteiger partial charge in [0.1, 0.15) is 11.6 Å². The van der Waals surface area contributed by atoms with Crippen molar-refractivity contribution >= 4 is 11.9 Å². The lowest BCUT2D eigenvalue weighted by atomic mass is 10.1. The van der Waals surface area contributed by atoms with E-state index in [1.54, 1.807) is 6.08 Å². The summed E-state index contributed by atoms with van der Waals surface area (Å²) in [6.45, 7) is 0. The molecule has 2 nitrogen and oxygen atoms in total. The summed E-state index contributed by atoms with van der Waals surface area (Å²) in [5.74, 6) is -0.413. The maximum atomic E-state index is 13.0. The first-order chi connectivity index (χ1) is 9.20. The molecular formula is C16H13FO2. The van der Waals surface area contributed by atoms with Crippen molar-refractivity contribution < 1.29 is 13.9 Å². The Morgan fingerprint density at radius 1 is 1.16 bits per heavy atom. The van der Waals surface area contributed by atoms with E-state index in [0.29, 0.717) is 5.56 Å². The van der Waals surface area contributed by atoms with E-state index >= 15 is 0 Å². The van der Waals surface area contributed by atoms with Crippen LogP contribution in [0.5, 0.6) is 5.75 Å². The van der Waals surface area contributed by atoms with E-state index in [2.05, 4.69) is 0 Å². The number of halogens is 1. The van der Waals surface area contributed by atoms with Gasteiger partial charge in [0.05, 0.1) is 12.7 Å². The summed E-state index contributed by atoms with van der Waals surface area (Å²) in [6.07, 6.45) is 3.16. The second kappa shape index (κ2) is 5.96. The molecule has 0 amide bonds. The van der Waals surface area contributed by atoms with Crippen LogP contribution in [0.25, 0.3) is 6.08 Å². The van der Waals surface area contributed by atoms with Gasteiger partial charge in [-0.25, -0.2) is 4.39 Å². The third-order valence-electron chi connectivity index (χ3n) is 2.66. The zero-order valence-corrected chi connectivity index (χ0v) is 10.5. The average Bonchev–Trinajstić information content (AvgIpc) is 2.45. The molecule has 0 radical (unpaired) electrons. The van der Waals surface area contributed by atoms with Crippen LogP contribution in [0.1, 0.15) is 15.9 Å². The molecule has 0 saturated heterocycles. The van der Waals surface area contributed by atoms with Gasteiger partial charge in [-0.05, 0) is 23.8 Å². The van der Waals surface area contributed by atoms with E-state index in [-0.39, 0.29) is 11.5 Å². The first kappa shape index (κ1) is 13.0. The molecule has 0 aromatic heterocycles. The van der Waals surface area contributed by atoms with Crippen LogP contribution in [0.15, 0.2) is 54.6 Å². The summed E-state index contributed by atoms with van der Waals surface area (Å²) in [7, 11) is 1.41. The number of carbonyl (C=O) groups is 1. The molecule has 3 heteroatoms. The lowest BCUT2D eigenvalue weighted by Gasteiger charge is -2.05. The maximum absolute atomic E-state index is 13.0. The number of ether oxygens (including phenoxy) is 1. The van der Waals surface area contributed by atoms with Gasteiger partial charge in [0.15, 0.2) is 5.78 Å². The number of hydrogen-bond acceptors (Lipinski definition) is 2. The second-order valence-electron chi connectivity index (χ2n) is 3.95. The zero-order chi connectivity index (χ0) is 13.7. The van der Waals surface area contributed by atoms with Crippen molar-refractivity contribution in [3.63, 3.8) is 0 Å². The second-order valence-corrected chi connectivity index (χ2v) is 3.95. The Morgan fingerprint density at radius 3 is 2.58 bits per heavy atom. The van der Waals surface area contributed by atoms with Crippen LogP contribution in [-0.2, 0) is 0 Å². The van der Waals surface area contributed by atoms with Crippen LogP contribution in [0.4, 0.5) is 4.39 Å². The number of ketones is 1.